The fraction of sp³-hybridized carbons (Fsp3) is 0.357. The molecule has 1 heterocycles. The van der Waals surface area contributed by atoms with Gasteiger partial charge < -0.3 is 5.32 Å². The molecule has 0 saturated carbocycles. The molecule has 4 heteroatoms. The molecule has 3 N–H and O–H groups in total. The molecule has 1 aromatic carbocycles. The van der Waals surface area contributed by atoms with Gasteiger partial charge in [0.15, 0.2) is 0 Å². The van der Waals surface area contributed by atoms with Gasteiger partial charge in [-0.15, -0.1) is 0 Å². The molecule has 0 aliphatic rings. The smallest absolute Gasteiger partial charge is 0.264 e. The number of anilines is 1. The predicted octanol–water partition coefficient (Wildman–Crippen LogP) is 2.83. The quantitative estimate of drug-likeness (QED) is 0.758. The van der Waals surface area contributed by atoms with Crippen molar-refractivity contribution in [3.63, 3.8) is 0 Å². The molecule has 0 aliphatic carbocycles. The molecule has 1 atom stereocenters. The minimum atomic E-state index is -0.107. The van der Waals surface area contributed by atoms with Crippen LogP contribution in [0.1, 0.15) is 20.3 Å². The Morgan fingerprint density at radius 2 is 1.94 bits per heavy atom. The maximum absolute atomic E-state index is 11.0. The molecule has 0 radical (unpaired) electrons. The Bertz CT molecular complexity index is 539. The number of benzene rings is 1. The number of aromatic amines is 2. The van der Waals surface area contributed by atoms with Gasteiger partial charge in [0.1, 0.15) is 0 Å². The zero-order valence-corrected chi connectivity index (χ0v) is 10.8. The van der Waals surface area contributed by atoms with Crippen molar-refractivity contribution in [2.24, 2.45) is 5.92 Å². The van der Waals surface area contributed by atoms with Gasteiger partial charge in [-0.3, -0.25) is 15.0 Å². The molecule has 0 spiro atoms. The van der Waals surface area contributed by atoms with Crippen molar-refractivity contribution in [3.05, 3.63) is 40.7 Å². The Kier molecular flexibility index (Phi) is 3.87. The van der Waals surface area contributed by atoms with Crippen LogP contribution >= 0.6 is 0 Å². The van der Waals surface area contributed by atoms with E-state index in [0.29, 0.717) is 5.92 Å². The monoisotopic (exact) mass is 245 g/mol. The van der Waals surface area contributed by atoms with Crippen LogP contribution < -0.4 is 10.9 Å². The predicted molar refractivity (Wildman–Crippen MR) is 74.8 cm³/mol. The van der Waals surface area contributed by atoms with E-state index < -0.39 is 0 Å². The first-order valence-corrected chi connectivity index (χ1v) is 6.31. The van der Waals surface area contributed by atoms with E-state index >= 15 is 0 Å². The maximum Gasteiger partial charge on any atom is 0.264 e. The Morgan fingerprint density at radius 3 is 2.50 bits per heavy atom. The van der Waals surface area contributed by atoms with Gasteiger partial charge in [-0.25, -0.2) is 0 Å². The van der Waals surface area contributed by atoms with E-state index in [4.69, 9.17) is 0 Å². The number of hydrogen-bond acceptors (Lipinski definition) is 2. The highest BCUT2D eigenvalue weighted by Crippen LogP contribution is 2.18. The lowest BCUT2D eigenvalue weighted by Gasteiger charge is -2.11. The topological polar surface area (TPSA) is 60.7 Å². The second kappa shape index (κ2) is 5.58. The van der Waals surface area contributed by atoms with Gasteiger partial charge in [0.2, 0.25) is 0 Å². The van der Waals surface area contributed by atoms with Crippen molar-refractivity contribution < 1.29 is 0 Å². The van der Waals surface area contributed by atoms with Gasteiger partial charge >= 0.3 is 0 Å². The number of nitrogens with one attached hydrogen (secondary N) is 3. The average Bonchev–Trinajstić information content (AvgIpc) is 2.83. The summed E-state index contributed by atoms with van der Waals surface area (Å²) >= 11 is 0. The molecule has 4 nitrogen and oxygen atoms in total. The highest BCUT2D eigenvalue weighted by Gasteiger charge is 2.01. The summed E-state index contributed by atoms with van der Waals surface area (Å²) in [5, 5.41) is 8.78. The third kappa shape index (κ3) is 3.03. The maximum atomic E-state index is 11.0. The normalized spacial score (nSPS) is 12.3. The SMILES string of the molecule is CCC(C)CNc1ccc(-c2cc(=O)[nH][nH]2)cc1. The van der Waals surface area contributed by atoms with E-state index in [1.54, 1.807) is 6.07 Å². The van der Waals surface area contributed by atoms with E-state index in [1.165, 1.54) is 6.42 Å². The second-order valence-corrected chi connectivity index (χ2v) is 4.64. The Hall–Kier alpha value is -1.97. The van der Waals surface area contributed by atoms with Crippen LogP contribution in [0.25, 0.3) is 11.3 Å². The van der Waals surface area contributed by atoms with Gasteiger partial charge in [-0.1, -0.05) is 32.4 Å². The fourth-order valence-electron chi connectivity index (χ4n) is 1.69. The molecule has 0 bridgehead atoms. The molecule has 1 unspecified atom stereocenters. The van der Waals surface area contributed by atoms with Crippen molar-refractivity contribution in [2.75, 3.05) is 11.9 Å². The summed E-state index contributed by atoms with van der Waals surface area (Å²) in [6.07, 6.45) is 1.18. The van der Waals surface area contributed by atoms with Crippen molar-refractivity contribution in [3.8, 4) is 11.3 Å². The third-order valence-electron chi connectivity index (χ3n) is 3.14. The standard InChI is InChI=1S/C14H19N3O/c1-3-10(2)9-15-12-6-4-11(5-7-12)13-8-14(18)17-16-13/h4-8,10,15H,3,9H2,1-2H3,(H2,16,17,18). The van der Waals surface area contributed by atoms with Gasteiger partial charge in [0, 0.05) is 18.3 Å². The number of rotatable bonds is 5. The Labute approximate surface area is 106 Å². The molecule has 0 amide bonds. The average molecular weight is 245 g/mol. The number of H-pyrrole nitrogens is 2. The molecule has 2 rings (SSSR count). The lowest BCUT2D eigenvalue weighted by Crippen LogP contribution is -2.09. The van der Waals surface area contributed by atoms with E-state index in [-0.39, 0.29) is 5.56 Å². The first kappa shape index (κ1) is 12.5. The van der Waals surface area contributed by atoms with E-state index in [1.807, 2.05) is 24.3 Å². The lowest BCUT2D eigenvalue weighted by atomic mass is 10.1. The van der Waals surface area contributed by atoms with E-state index in [2.05, 4.69) is 29.4 Å². The van der Waals surface area contributed by atoms with Gasteiger partial charge in [-0.2, -0.15) is 0 Å². The summed E-state index contributed by atoms with van der Waals surface area (Å²) in [4.78, 5) is 11.0. The Morgan fingerprint density at radius 1 is 1.22 bits per heavy atom. The molecule has 0 fully saturated rings. The molecule has 1 aromatic heterocycles. The summed E-state index contributed by atoms with van der Waals surface area (Å²) in [6, 6.07) is 9.61. The number of aromatic nitrogens is 2. The van der Waals surface area contributed by atoms with Crippen molar-refractivity contribution >= 4 is 5.69 Å². The summed E-state index contributed by atoms with van der Waals surface area (Å²) in [5.41, 5.74) is 2.82. The summed E-state index contributed by atoms with van der Waals surface area (Å²) < 4.78 is 0. The van der Waals surface area contributed by atoms with Gasteiger partial charge in [0.25, 0.3) is 5.56 Å². The first-order chi connectivity index (χ1) is 8.69. The van der Waals surface area contributed by atoms with Crippen LogP contribution in [0.3, 0.4) is 0 Å². The van der Waals surface area contributed by atoms with Crippen LogP contribution in [0.15, 0.2) is 35.1 Å². The zero-order chi connectivity index (χ0) is 13.0. The van der Waals surface area contributed by atoms with Crippen molar-refractivity contribution in [2.45, 2.75) is 20.3 Å². The third-order valence-corrected chi connectivity index (χ3v) is 3.14. The van der Waals surface area contributed by atoms with E-state index in [9.17, 15) is 4.79 Å². The second-order valence-electron chi connectivity index (χ2n) is 4.64. The van der Waals surface area contributed by atoms with Crippen LogP contribution in [-0.2, 0) is 0 Å². The molecule has 96 valence electrons. The number of hydrogen-bond donors (Lipinski definition) is 3. The highest BCUT2D eigenvalue weighted by atomic mass is 16.1. The summed E-state index contributed by atoms with van der Waals surface area (Å²) in [5.74, 6) is 0.672. The molecule has 0 saturated heterocycles. The van der Waals surface area contributed by atoms with Crippen LogP contribution in [0.2, 0.25) is 0 Å². The minimum absolute atomic E-state index is 0.107. The van der Waals surface area contributed by atoms with E-state index in [0.717, 1.165) is 23.5 Å². The van der Waals surface area contributed by atoms with Gasteiger partial charge in [-0.05, 0) is 23.6 Å². The molecular formula is C14H19N3O. The van der Waals surface area contributed by atoms with Gasteiger partial charge in [0.05, 0.1) is 5.69 Å². The fourth-order valence-corrected chi connectivity index (χ4v) is 1.69. The first-order valence-electron chi connectivity index (χ1n) is 6.31. The zero-order valence-electron chi connectivity index (χ0n) is 10.8. The van der Waals surface area contributed by atoms with Crippen LogP contribution in [0.4, 0.5) is 5.69 Å². The van der Waals surface area contributed by atoms with Crippen molar-refractivity contribution in [1.82, 2.24) is 10.2 Å². The summed E-state index contributed by atoms with van der Waals surface area (Å²) in [6.45, 7) is 5.40. The van der Waals surface area contributed by atoms with Crippen LogP contribution in [-0.4, -0.2) is 16.7 Å². The molecule has 18 heavy (non-hydrogen) atoms. The van der Waals surface area contributed by atoms with Crippen LogP contribution in [0, 0.1) is 5.92 Å². The summed E-state index contributed by atoms with van der Waals surface area (Å²) in [7, 11) is 0. The molecule has 2 aromatic rings. The largest absolute Gasteiger partial charge is 0.385 e. The minimum Gasteiger partial charge on any atom is -0.385 e. The molecular weight excluding hydrogens is 226 g/mol. The lowest BCUT2D eigenvalue weighted by molar-refractivity contribution is 0.593. The molecule has 0 aliphatic heterocycles. The van der Waals surface area contributed by atoms with Crippen molar-refractivity contribution in [1.29, 1.82) is 0 Å². The van der Waals surface area contributed by atoms with Crippen LogP contribution in [0.5, 0.6) is 0 Å². The Balaban J connectivity index is 2.03. The highest BCUT2D eigenvalue weighted by molar-refractivity contribution is 5.62.